The van der Waals surface area contributed by atoms with Gasteiger partial charge >= 0.3 is 0 Å². The Balaban J connectivity index is 1.70. The van der Waals surface area contributed by atoms with Crippen LogP contribution in [0.4, 0.5) is 5.69 Å². The molecule has 126 valence electrons. The van der Waals surface area contributed by atoms with Crippen LogP contribution in [0.25, 0.3) is 0 Å². The lowest BCUT2D eigenvalue weighted by molar-refractivity contribution is -0.125. The lowest BCUT2D eigenvalue weighted by Crippen LogP contribution is -2.35. The van der Waals surface area contributed by atoms with Gasteiger partial charge in [0, 0.05) is 10.7 Å². The molecule has 0 heterocycles. The molecule has 0 unspecified atom stereocenters. The molecule has 2 aromatic rings. The maximum Gasteiger partial charge on any atom is 0.258 e. The molecule has 2 amide bonds. The van der Waals surface area contributed by atoms with E-state index in [9.17, 15) is 9.59 Å². The Kier molecular flexibility index (Phi) is 6.45. The second-order valence-corrected chi connectivity index (χ2v) is 5.23. The fraction of sp³-hybridized carbons (Fsp3) is 0.176. The number of rotatable bonds is 7. The Hall–Kier alpha value is -2.73. The van der Waals surface area contributed by atoms with E-state index in [1.807, 2.05) is 0 Å². The molecule has 0 aromatic heterocycles. The smallest absolute Gasteiger partial charge is 0.258 e. The maximum absolute atomic E-state index is 11.7. The van der Waals surface area contributed by atoms with Gasteiger partial charge in [-0.2, -0.15) is 0 Å². The van der Waals surface area contributed by atoms with Crippen LogP contribution in [-0.2, 0) is 9.59 Å². The van der Waals surface area contributed by atoms with Crippen molar-refractivity contribution in [3.8, 4) is 11.5 Å². The van der Waals surface area contributed by atoms with Gasteiger partial charge in [0.15, 0.2) is 6.61 Å². The summed E-state index contributed by atoms with van der Waals surface area (Å²) in [6.07, 6.45) is 0. The summed E-state index contributed by atoms with van der Waals surface area (Å²) in [7, 11) is 1.57. The fourth-order valence-electron chi connectivity index (χ4n) is 1.79. The van der Waals surface area contributed by atoms with Gasteiger partial charge in [-0.15, -0.1) is 0 Å². The van der Waals surface area contributed by atoms with Crippen LogP contribution in [0.5, 0.6) is 11.5 Å². The highest BCUT2D eigenvalue weighted by atomic mass is 35.5. The van der Waals surface area contributed by atoms with Crippen molar-refractivity contribution in [3.63, 3.8) is 0 Å². The number of nitrogens with one attached hydrogen (secondary N) is 2. The Morgan fingerprint density at radius 2 is 1.58 bits per heavy atom. The van der Waals surface area contributed by atoms with E-state index in [-0.39, 0.29) is 19.1 Å². The number of halogens is 1. The molecular formula is C17H17ClN2O4. The van der Waals surface area contributed by atoms with Crippen molar-refractivity contribution < 1.29 is 19.1 Å². The molecule has 0 fully saturated rings. The average molecular weight is 349 g/mol. The molecule has 0 aliphatic carbocycles. The fourth-order valence-corrected chi connectivity index (χ4v) is 1.92. The summed E-state index contributed by atoms with van der Waals surface area (Å²) >= 11 is 5.76. The number of hydrogen-bond donors (Lipinski definition) is 2. The maximum atomic E-state index is 11.7. The summed E-state index contributed by atoms with van der Waals surface area (Å²) in [5.74, 6) is 0.509. The summed E-state index contributed by atoms with van der Waals surface area (Å²) in [6, 6.07) is 13.5. The van der Waals surface area contributed by atoms with E-state index >= 15 is 0 Å². The molecule has 7 heteroatoms. The lowest BCUT2D eigenvalue weighted by Gasteiger charge is -2.09. The first-order valence-electron chi connectivity index (χ1n) is 7.16. The van der Waals surface area contributed by atoms with Crippen LogP contribution in [0.2, 0.25) is 5.02 Å². The number of carbonyl (C=O) groups excluding carboxylic acids is 2. The number of amides is 2. The third kappa shape index (κ3) is 5.81. The Labute approximate surface area is 144 Å². The minimum Gasteiger partial charge on any atom is -0.497 e. The molecular weight excluding hydrogens is 332 g/mol. The second-order valence-electron chi connectivity index (χ2n) is 4.80. The van der Waals surface area contributed by atoms with Gasteiger partial charge in [-0.05, 0) is 48.5 Å². The highest BCUT2D eigenvalue weighted by Gasteiger charge is 2.07. The second kappa shape index (κ2) is 8.79. The minimum atomic E-state index is -0.392. The molecule has 2 aromatic carbocycles. The molecule has 0 saturated heterocycles. The van der Waals surface area contributed by atoms with Gasteiger partial charge in [-0.25, -0.2) is 0 Å². The number of carbonyl (C=O) groups is 2. The predicted octanol–water partition coefficient (Wildman–Crippen LogP) is 2.48. The molecule has 2 N–H and O–H groups in total. The highest BCUT2D eigenvalue weighted by molar-refractivity contribution is 6.30. The zero-order chi connectivity index (χ0) is 17.4. The first-order chi connectivity index (χ1) is 11.6. The van der Waals surface area contributed by atoms with E-state index in [0.29, 0.717) is 22.2 Å². The van der Waals surface area contributed by atoms with E-state index in [0.717, 1.165) is 0 Å². The van der Waals surface area contributed by atoms with Crippen LogP contribution in [0.3, 0.4) is 0 Å². The average Bonchev–Trinajstić information content (AvgIpc) is 2.60. The van der Waals surface area contributed by atoms with Crippen molar-refractivity contribution in [1.82, 2.24) is 5.32 Å². The third-order valence-electron chi connectivity index (χ3n) is 3.00. The van der Waals surface area contributed by atoms with Crippen molar-refractivity contribution in [1.29, 1.82) is 0 Å². The predicted molar refractivity (Wildman–Crippen MR) is 91.6 cm³/mol. The Morgan fingerprint density at radius 3 is 2.21 bits per heavy atom. The van der Waals surface area contributed by atoms with Gasteiger partial charge in [0.25, 0.3) is 5.91 Å². The summed E-state index contributed by atoms with van der Waals surface area (Å²) in [5, 5.41) is 5.70. The molecule has 0 saturated carbocycles. The zero-order valence-electron chi connectivity index (χ0n) is 13.0. The van der Waals surface area contributed by atoms with Crippen molar-refractivity contribution in [2.45, 2.75) is 0 Å². The van der Waals surface area contributed by atoms with Gasteiger partial charge in [0.05, 0.1) is 13.7 Å². The normalized spacial score (nSPS) is 9.92. The first kappa shape index (κ1) is 17.6. The van der Waals surface area contributed by atoms with Crippen molar-refractivity contribution in [3.05, 3.63) is 53.6 Å². The SMILES string of the molecule is COc1ccc(OCC(=O)NCC(=O)Nc2ccc(Cl)cc2)cc1. The molecule has 0 radical (unpaired) electrons. The highest BCUT2D eigenvalue weighted by Crippen LogP contribution is 2.16. The Morgan fingerprint density at radius 1 is 0.958 bits per heavy atom. The van der Waals surface area contributed by atoms with Crippen LogP contribution >= 0.6 is 11.6 Å². The van der Waals surface area contributed by atoms with Gasteiger partial charge < -0.3 is 20.1 Å². The number of methoxy groups -OCH3 is 1. The number of ether oxygens (including phenoxy) is 2. The minimum absolute atomic E-state index is 0.145. The summed E-state index contributed by atoms with van der Waals surface area (Å²) in [5.41, 5.74) is 0.605. The van der Waals surface area contributed by atoms with Crippen LogP contribution in [0.1, 0.15) is 0 Å². The van der Waals surface area contributed by atoms with E-state index in [2.05, 4.69) is 10.6 Å². The molecule has 0 atom stereocenters. The zero-order valence-corrected chi connectivity index (χ0v) is 13.8. The molecule has 6 nitrogen and oxygen atoms in total. The summed E-state index contributed by atoms with van der Waals surface area (Å²) in [6.45, 7) is -0.325. The van der Waals surface area contributed by atoms with Crippen LogP contribution in [0, 0.1) is 0 Å². The van der Waals surface area contributed by atoms with Gasteiger partial charge in [0.1, 0.15) is 11.5 Å². The van der Waals surface area contributed by atoms with Crippen LogP contribution in [0.15, 0.2) is 48.5 Å². The standard InChI is InChI=1S/C17H17ClN2O4/c1-23-14-6-8-15(9-7-14)24-11-17(22)19-10-16(21)20-13-4-2-12(18)3-5-13/h2-9H,10-11H2,1H3,(H,19,22)(H,20,21). The molecule has 0 bridgehead atoms. The summed E-state index contributed by atoms with van der Waals surface area (Å²) in [4.78, 5) is 23.4. The largest absolute Gasteiger partial charge is 0.497 e. The number of benzene rings is 2. The lowest BCUT2D eigenvalue weighted by atomic mass is 10.3. The summed E-state index contributed by atoms with van der Waals surface area (Å²) < 4.78 is 10.3. The monoisotopic (exact) mass is 348 g/mol. The van der Waals surface area contributed by atoms with Crippen LogP contribution < -0.4 is 20.1 Å². The van der Waals surface area contributed by atoms with E-state index < -0.39 is 5.91 Å². The van der Waals surface area contributed by atoms with Crippen molar-refractivity contribution in [2.24, 2.45) is 0 Å². The van der Waals surface area contributed by atoms with E-state index in [1.54, 1.807) is 55.6 Å². The molecule has 0 aliphatic heterocycles. The molecule has 0 spiro atoms. The van der Waals surface area contributed by atoms with E-state index in [4.69, 9.17) is 21.1 Å². The molecule has 24 heavy (non-hydrogen) atoms. The number of anilines is 1. The van der Waals surface area contributed by atoms with Crippen molar-refractivity contribution >= 4 is 29.1 Å². The van der Waals surface area contributed by atoms with Gasteiger partial charge in [-0.1, -0.05) is 11.6 Å². The number of hydrogen-bond acceptors (Lipinski definition) is 4. The van der Waals surface area contributed by atoms with Crippen LogP contribution in [-0.4, -0.2) is 32.1 Å². The first-order valence-corrected chi connectivity index (χ1v) is 7.53. The topological polar surface area (TPSA) is 76.7 Å². The van der Waals surface area contributed by atoms with E-state index in [1.165, 1.54) is 0 Å². The Bertz CT molecular complexity index is 687. The molecule has 0 aliphatic rings. The quantitative estimate of drug-likeness (QED) is 0.806. The van der Waals surface area contributed by atoms with Gasteiger partial charge in [-0.3, -0.25) is 9.59 Å². The molecule has 2 rings (SSSR count). The third-order valence-corrected chi connectivity index (χ3v) is 3.26. The van der Waals surface area contributed by atoms with Gasteiger partial charge in [0.2, 0.25) is 5.91 Å². The van der Waals surface area contributed by atoms with Crippen molar-refractivity contribution in [2.75, 3.05) is 25.6 Å².